The zero-order valence-electron chi connectivity index (χ0n) is 15.2. The number of methoxy groups -OCH3 is 2. The minimum Gasteiger partial charge on any atom is -0.497 e. The number of ether oxygens (including phenoxy) is 2. The van der Waals surface area contributed by atoms with Crippen LogP contribution in [0.3, 0.4) is 0 Å². The second-order valence-electron chi connectivity index (χ2n) is 6.09. The highest BCUT2D eigenvalue weighted by atomic mass is 32.2. The van der Waals surface area contributed by atoms with E-state index in [2.05, 4.69) is 5.32 Å². The van der Waals surface area contributed by atoms with E-state index in [0.29, 0.717) is 24.6 Å². The van der Waals surface area contributed by atoms with Crippen LogP contribution in [0.4, 0.5) is 0 Å². The Hall–Kier alpha value is -2.10. The maximum atomic E-state index is 12.8. The van der Waals surface area contributed by atoms with E-state index in [0.717, 1.165) is 29.7 Å². The van der Waals surface area contributed by atoms with Crippen LogP contribution < -0.4 is 14.8 Å². The zero-order chi connectivity index (χ0) is 19.4. The van der Waals surface area contributed by atoms with Crippen molar-refractivity contribution in [2.75, 3.05) is 27.3 Å². The normalized spacial score (nSPS) is 14.9. The lowest BCUT2D eigenvalue weighted by Gasteiger charge is -2.16. The van der Waals surface area contributed by atoms with Crippen molar-refractivity contribution in [3.63, 3.8) is 0 Å². The number of thiophene rings is 1. The zero-order valence-corrected chi connectivity index (χ0v) is 16.9. The highest BCUT2D eigenvalue weighted by molar-refractivity contribution is 7.89. The lowest BCUT2D eigenvalue weighted by atomic mass is 10.2. The summed E-state index contributed by atoms with van der Waals surface area (Å²) in [5.41, 5.74) is 0.741. The van der Waals surface area contributed by atoms with Gasteiger partial charge in [0.25, 0.3) is 5.91 Å². The Bertz CT molecular complexity index is 918. The molecule has 0 saturated carbocycles. The van der Waals surface area contributed by atoms with Crippen molar-refractivity contribution in [3.05, 3.63) is 40.1 Å². The van der Waals surface area contributed by atoms with Crippen molar-refractivity contribution in [1.82, 2.24) is 9.62 Å². The van der Waals surface area contributed by atoms with Crippen LogP contribution in [0, 0.1) is 0 Å². The van der Waals surface area contributed by atoms with Gasteiger partial charge in [0.15, 0.2) is 0 Å². The molecule has 1 aliphatic rings. The van der Waals surface area contributed by atoms with E-state index in [1.54, 1.807) is 37.8 Å². The molecule has 0 spiro atoms. The van der Waals surface area contributed by atoms with E-state index in [4.69, 9.17) is 9.47 Å². The second kappa shape index (κ2) is 8.28. The van der Waals surface area contributed by atoms with Crippen LogP contribution in [0.1, 0.15) is 28.1 Å². The molecule has 1 amide bonds. The first-order valence-electron chi connectivity index (χ1n) is 8.54. The largest absolute Gasteiger partial charge is 0.497 e. The monoisotopic (exact) mass is 410 g/mol. The standard InChI is InChI=1S/C18H22N2O5S2/c1-24-14-5-6-15(25-2)13(11-14)12-19-18(21)17-16(7-10-26-17)27(22,23)20-8-3-4-9-20/h5-7,10-11H,3-4,8-9,12H2,1-2H3,(H,19,21). The van der Waals surface area contributed by atoms with Gasteiger partial charge in [0, 0.05) is 25.2 Å². The number of nitrogens with one attached hydrogen (secondary N) is 1. The van der Waals surface area contributed by atoms with Gasteiger partial charge in [-0.1, -0.05) is 0 Å². The van der Waals surface area contributed by atoms with Crippen LogP contribution in [0.5, 0.6) is 11.5 Å². The van der Waals surface area contributed by atoms with Crippen LogP contribution in [-0.4, -0.2) is 45.9 Å². The fraction of sp³-hybridized carbons (Fsp3) is 0.389. The number of amides is 1. The Morgan fingerprint density at radius 1 is 1.19 bits per heavy atom. The van der Waals surface area contributed by atoms with Gasteiger partial charge in [-0.15, -0.1) is 11.3 Å². The topological polar surface area (TPSA) is 84.9 Å². The van der Waals surface area contributed by atoms with Crippen LogP contribution in [0.2, 0.25) is 0 Å². The molecule has 27 heavy (non-hydrogen) atoms. The average Bonchev–Trinajstić information content (AvgIpc) is 3.38. The molecular formula is C18H22N2O5S2. The van der Waals surface area contributed by atoms with E-state index in [1.807, 2.05) is 0 Å². The average molecular weight is 411 g/mol. The van der Waals surface area contributed by atoms with Crippen LogP contribution >= 0.6 is 11.3 Å². The summed E-state index contributed by atoms with van der Waals surface area (Å²) < 4.78 is 37.5. The molecule has 3 rings (SSSR count). The molecule has 0 bridgehead atoms. The summed E-state index contributed by atoms with van der Waals surface area (Å²) in [5, 5.41) is 4.41. The van der Waals surface area contributed by atoms with Gasteiger partial charge in [0.1, 0.15) is 21.3 Å². The third-order valence-electron chi connectivity index (χ3n) is 4.45. The smallest absolute Gasteiger partial charge is 0.263 e. The number of rotatable bonds is 7. The first kappa shape index (κ1) is 19.7. The van der Waals surface area contributed by atoms with Crippen molar-refractivity contribution >= 4 is 27.3 Å². The molecule has 1 N–H and O–H groups in total. The molecule has 7 nitrogen and oxygen atoms in total. The molecule has 1 aromatic heterocycles. The van der Waals surface area contributed by atoms with Crippen molar-refractivity contribution in [1.29, 1.82) is 0 Å². The van der Waals surface area contributed by atoms with E-state index < -0.39 is 15.9 Å². The minimum absolute atomic E-state index is 0.0736. The first-order chi connectivity index (χ1) is 13.0. The Kier molecular flexibility index (Phi) is 6.03. The maximum absolute atomic E-state index is 12.8. The molecule has 2 aromatic rings. The molecule has 146 valence electrons. The first-order valence-corrected chi connectivity index (χ1v) is 10.9. The number of hydrogen-bond acceptors (Lipinski definition) is 6. The quantitative estimate of drug-likeness (QED) is 0.758. The molecule has 0 atom stereocenters. The van der Waals surface area contributed by atoms with Crippen LogP contribution in [0.15, 0.2) is 34.5 Å². The SMILES string of the molecule is COc1ccc(OC)c(CNC(=O)c2sccc2S(=O)(=O)N2CCCC2)c1. The Morgan fingerprint density at radius 2 is 1.93 bits per heavy atom. The predicted octanol–water partition coefficient (Wildman–Crippen LogP) is 2.48. The lowest BCUT2D eigenvalue weighted by Crippen LogP contribution is -2.30. The van der Waals surface area contributed by atoms with Crippen molar-refractivity contribution in [3.8, 4) is 11.5 Å². The molecule has 1 aliphatic heterocycles. The van der Waals surface area contributed by atoms with Crippen molar-refractivity contribution < 1.29 is 22.7 Å². The van der Waals surface area contributed by atoms with Gasteiger partial charge >= 0.3 is 0 Å². The summed E-state index contributed by atoms with van der Waals surface area (Å²) in [6.45, 7) is 1.20. The molecule has 1 fully saturated rings. The van der Waals surface area contributed by atoms with Gasteiger partial charge in [-0.3, -0.25) is 4.79 Å². The second-order valence-corrected chi connectivity index (χ2v) is 8.91. The summed E-state index contributed by atoms with van der Waals surface area (Å²) in [6, 6.07) is 6.80. The van der Waals surface area contributed by atoms with Crippen LogP contribution in [0.25, 0.3) is 0 Å². The molecule has 2 heterocycles. The fourth-order valence-corrected chi connectivity index (χ4v) is 5.84. The van der Waals surface area contributed by atoms with Gasteiger partial charge in [-0.25, -0.2) is 8.42 Å². The predicted molar refractivity (Wildman–Crippen MR) is 103 cm³/mol. The van der Waals surface area contributed by atoms with Gasteiger partial charge in [-0.2, -0.15) is 4.31 Å². The van der Waals surface area contributed by atoms with E-state index in [9.17, 15) is 13.2 Å². The number of hydrogen-bond donors (Lipinski definition) is 1. The van der Waals surface area contributed by atoms with Crippen molar-refractivity contribution in [2.45, 2.75) is 24.3 Å². The summed E-state index contributed by atoms with van der Waals surface area (Å²) in [5.74, 6) is 0.841. The van der Waals surface area contributed by atoms with E-state index in [1.165, 1.54) is 10.4 Å². The Morgan fingerprint density at radius 3 is 2.59 bits per heavy atom. The Balaban J connectivity index is 1.78. The highest BCUT2D eigenvalue weighted by Crippen LogP contribution is 2.28. The minimum atomic E-state index is -3.64. The summed E-state index contributed by atoms with van der Waals surface area (Å²) >= 11 is 1.12. The molecular weight excluding hydrogens is 388 g/mol. The number of carbonyl (C=O) groups excluding carboxylic acids is 1. The number of sulfonamides is 1. The van der Waals surface area contributed by atoms with Gasteiger partial charge < -0.3 is 14.8 Å². The molecule has 0 aliphatic carbocycles. The number of nitrogens with zero attached hydrogens (tertiary/aromatic N) is 1. The third kappa shape index (κ3) is 4.10. The molecule has 0 radical (unpaired) electrons. The number of benzene rings is 1. The van der Waals surface area contributed by atoms with E-state index >= 15 is 0 Å². The van der Waals surface area contributed by atoms with Crippen molar-refractivity contribution in [2.24, 2.45) is 0 Å². The van der Waals surface area contributed by atoms with Gasteiger partial charge in [0.05, 0.1) is 14.2 Å². The molecule has 1 saturated heterocycles. The number of carbonyl (C=O) groups is 1. The maximum Gasteiger partial charge on any atom is 0.263 e. The summed E-state index contributed by atoms with van der Waals surface area (Å²) in [4.78, 5) is 12.9. The molecule has 1 aromatic carbocycles. The van der Waals surface area contributed by atoms with Crippen LogP contribution in [-0.2, 0) is 16.6 Å². The molecule has 0 unspecified atom stereocenters. The third-order valence-corrected chi connectivity index (χ3v) is 7.43. The van der Waals surface area contributed by atoms with Gasteiger partial charge in [0.2, 0.25) is 10.0 Å². The van der Waals surface area contributed by atoms with Gasteiger partial charge in [-0.05, 0) is 42.5 Å². The lowest BCUT2D eigenvalue weighted by molar-refractivity contribution is 0.0951. The van der Waals surface area contributed by atoms with E-state index in [-0.39, 0.29) is 16.3 Å². The molecule has 9 heteroatoms. The summed E-state index contributed by atoms with van der Waals surface area (Å²) in [6.07, 6.45) is 1.70. The highest BCUT2D eigenvalue weighted by Gasteiger charge is 2.31. The fourth-order valence-electron chi connectivity index (χ4n) is 3.01. The Labute approximate surface area is 163 Å². The summed E-state index contributed by atoms with van der Waals surface area (Å²) in [7, 11) is -0.530.